The first kappa shape index (κ1) is 14.8. The van der Waals surface area contributed by atoms with E-state index < -0.39 is 18.7 Å². The molecule has 3 heterocycles. The second kappa shape index (κ2) is 6.75. The van der Waals surface area contributed by atoms with E-state index in [2.05, 4.69) is 20.4 Å². The molecule has 0 saturated heterocycles. The second-order valence-corrected chi connectivity index (χ2v) is 6.68. The van der Waals surface area contributed by atoms with Gasteiger partial charge in [-0.1, -0.05) is 11.6 Å². The predicted molar refractivity (Wildman–Crippen MR) is 104 cm³/mol. The number of nitrogens with zero attached hydrogens (tertiary/aromatic N) is 5. The molecule has 2 N–H and O–H groups in total. The Morgan fingerprint density at radius 2 is 2.18 bits per heavy atom. The summed E-state index contributed by atoms with van der Waals surface area (Å²) in [6, 6.07) is 3.97. The summed E-state index contributed by atoms with van der Waals surface area (Å²) in [6.07, 6.45) is 1.15. The highest BCUT2D eigenvalue weighted by Gasteiger charge is 2.26. The molecule has 4 rings (SSSR count). The summed E-state index contributed by atoms with van der Waals surface area (Å²) in [7, 11) is 1.82. The van der Waals surface area contributed by atoms with Gasteiger partial charge in [0.15, 0.2) is 5.82 Å². The molecule has 0 bridgehead atoms. The second-order valence-electron chi connectivity index (χ2n) is 6.30. The number of aryl methyl sites for hydroxylation is 1. The van der Waals surface area contributed by atoms with E-state index in [0.29, 0.717) is 35.3 Å². The number of amides is 1. The van der Waals surface area contributed by atoms with Gasteiger partial charge in [-0.3, -0.25) is 4.79 Å². The number of carbonyl (C=O) groups is 1. The van der Waals surface area contributed by atoms with Gasteiger partial charge in [0.1, 0.15) is 16.8 Å². The SMILES string of the molecule is [2H]C([2H])([2H])NC(=O)c1cnc(Cl)cc1Nc1cc(F)cc2c1N(C)Cc1nc(C)nn1-2. The van der Waals surface area contributed by atoms with Crippen LogP contribution in [-0.2, 0) is 6.54 Å². The molecular formula is C18H17ClFN7O. The van der Waals surface area contributed by atoms with Crippen LogP contribution in [0, 0.1) is 12.7 Å². The number of hydrogen-bond donors (Lipinski definition) is 2. The van der Waals surface area contributed by atoms with E-state index in [9.17, 15) is 9.18 Å². The quantitative estimate of drug-likeness (QED) is 0.653. The van der Waals surface area contributed by atoms with E-state index in [1.165, 1.54) is 18.2 Å². The molecule has 0 spiro atoms. The summed E-state index contributed by atoms with van der Waals surface area (Å²) in [5.74, 6) is -0.197. The molecule has 0 saturated carbocycles. The summed E-state index contributed by atoms with van der Waals surface area (Å²) in [6.45, 7) is -0.510. The van der Waals surface area contributed by atoms with Crippen molar-refractivity contribution in [2.75, 3.05) is 24.2 Å². The molecule has 8 nitrogen and oxygen atoms in total. The molecule has 1 aromatic carbocycles. The summed E-state index contributed by atoms with van der Waals surface area (Å²) >= 11 is 5.99. The van der Waals surface area contributed by atoms with Gasteiger partial charge in [0, 0.05) is 30.4 Å². The predicted octanol–water partition coefficient (Wildman–Crippen LogP) is 2.82. The third kappa shape index (κ3) is 3.03. The van der Waals surface area contributed by atoms with Crippen LogP contribution in [-0.4, -0.2) is 39.7 Å². The van der Waals surface area contributed by atoms with Crippen molar-refractivity contribution in [2.24, 2.45) is 0 Å². The first-order chi connectivity index (χ1) is 14.5. The van der Waals surface area contributed by atoms with Gasteiger partial charge in [-0.15, -0.1) is 0 Å². The van der Waals surface area contributed by atoms with Gasteiger partial charge >= 0.3 is 0 Å². The number of anilines is 3. The molecule has 28 heavy (non-hydrogen) atoms. The smallest absolute Gasteiger partial charge is 0.254 e. The number of hydrogen-bond acceptors (Lipinski definition) is 6. The van der Waals surface area contributed by atoms with Gasteiger partial charge in [-0.25, -0.2) is 19.0 Å². The molecular weight excluding hydrogens is 385 g/mol. The summed E-state index contributed by atoms with van der Waals surface area (Å²) in [5.41, 5.74) is 1.54. The van der Waals surface area contributed by atoms with Crippen molar-refractivity contribution >= 4 is 34.6 Å². The number of rotatable bonds is 3. The Kier molecular flexibility index (Phi) is 3.57. The molecule has 1 aliphatic rings. The van der Waals surface area contributed by atoms with Crippen LogP contribution in [0.4, 0.5) is 21.5 Å². The van der Waals surface area contributed by atoms with Crippen LogP contribution in [0.3, 0.4) is 0 Å². The van der Waals surface area contributed by atoms with E-state index in [1.54, 1.807) is 11.6 Å². The van der Waals surface area contributed by atoms with Gasteiger partial charge < -0.3 is 15.5 Å². The van der Waals surface area contributed by atoms with Gasteiger partial charge in [-0.05, 0) is 19.1 Å². The zero-order valence-corrected chi connectivity index (χ0v) is 15.7. The minimum atomic E-state index is -2.69. The van der Waals surface area contributed by atoms with Crippen LogP contribution < -0.4 is 15.5 Å². The number of carbonyl (C=O) groups excluding carboxylic acids is 1. The lowest BCUT2D eigenvalue weighted by Crippen LogP contribution is -2.27. The molecule has 0 fully saturated rings. The van der Waals surface area contributed by atoms with Crippen LogP contribution in [0.1, 0.15) is 26.1 Å². The number of aromatic nitrogens is 4. The van der Waals surface area contributed by atoms with E-state index in [1.807, 2.05) is 17.3 Å². The highest BCUT2D eigenvalue weighted by atomic mass is 35.5. The minimum Gasteiger partial charge on any atom is -0.364 e. The Hall–Kier alpha value is -3.20. The first-order valence-corrected chi connectivity index (χ1v) is 8.62. The maximum atomic E-state index is 14.5. The fourth-order valence-corrected chi connectivity index (χ4v) is 3.37. The van der Waals surface area contributed by atoms with Crippen molar-refractivity contribution < 1.29 is 13.3 Å². The van der Waals surface area contributed by atoms with Crippen molar-refractivity contribution in [1.29, 1.82) is 0 Å². The number of pyridine rings is 1. The molecule has 144 valence electrons. The Morgan fingerprint density at radius 1 is 1.36 bits per heavy atom. The largest absolute Gasteiger partial charge is 0.364 e. The topological polar surface area (TPSA) is 88.0 Å². The zero-order chi connectivity index (χ0) is 22.5. The Morgan fingerprint density at radius 3 is 2.96 bits per heavy atom. The van der Waals surface area contributed by atoms with Gasteiger partial charge in [0.05, 0.1) is 34.9 Å². The monoisotopic (exact) mass is 404 g/mol. The summed E-state index contributed by atoms with van der Waals surface area (Å²) < 4.78 is 37.9. The lowest BCUT2D eigenvalue weighted by molar-refractivity contribution is 0.0963. The maximum absolute atomic E-state index is 14.5. The van der Waals surface area contributed by atoms with Crippen LogP contribution in [0.15, 0.2) is 24.4 Å². The van der Waals surface area contributed by atoms with Gasteiger partial charge in [-0.2, -0.15) is 5.10 Å². The van der Waals surface area contributed by atoms with Crippen molar-refractivity contribution in [3.8, 4) is 5.69 Å². The molecule has 1 amide bonds. The number of benzene rings is 1. The average Bonchev–Trinajstić information content (AvgIpc) is 3.00. The zero-order valence-electron chi connectivity index (χ0n) is 17.9. The summed E-state index contributed by atoms with van der Waals surface area (Å²) in [5, 5.41) is 9.33. The molecule has 10 heteroatoms. The van der Waals surface area contributed by atoms with E-state index >= 15 is 0 Å². The Balaban J connectivity index is 1.81. The van der Waals surface area contributed by atoms with E-state index in [4.69, 9.17) is 15.7 Å². The number of fused-ring (bicyclic) bond motifs is 3. The maximum Gasteiger partial charge on any atom is 0.254 e. The fraction of sp³-hybridized carbons (Fsp3) is 0.222. The number of halogens is 2. The van der Waals surface area contributed by atoms with Crippen LogP contribution >= 0.6 is 11.6 Å². The van der Waals surface area contributed by atoms with Crippen molar-refractivity contribution in [2.45, 2.75) is 13.5 Å². The van der Waals surface area contributed by atoms with E-state index in [0.717, 1.165) is 6.20 Å². The minimum absolute atomic E-state index is 0.0608. The molecule has 3 aromatic rings. The van der Waals surface area contributed by atoms with Crippen LogP contribution in [0.25, 0.3) is 5.69 Å². The van der Waals surface area contributed by atoms with Crippen LogP contribution in [0.2, 0.25) is 5.15 Å². The normalized spacial score (nSPS) is 14.4. The highest BCUT2D eigenvalue weighted by molar-refractivity contribution is 6.29. The third-order valence-electron chi connectivity index (χ3n) is 4.32. The van der Waals surface area contributed by atoms with Gasteiger partial charge in [0.25, 0.3) is 5.91 Å². The highest BCUT2D eigenvalue weighted by Crippen LogP contribution is 2.39. The molecule has 0 atom stereocenters. The standard InChI is InChI=1S/C18H17ClFN7O/c1-9-23-16-8-26(3)17-13(4-10(20)5-14(17)27(16)25-9)24-12-6-15(19)22-7-11(12)18(28)21-2/h4-7H,8H2,1-3H3,(H,21,28)(H,22,24)/i2D3. The lowest BCUT2D eigenvalue weighted by Gasteiger charge is -2.30. The van der Waals surface area contributed by atoms with Crippen molar-refractivity contribution in [1.82, 2.24) is 25.1 Å². The molecule has 2 aromatic heterocycles. The number of nitrogens with one attached hydrogen (secondary N) is 2. The first-order valence-electron chi connectivity index (χ1n) is 9.74. The fourth-order valence-electron chi connectivity index (χ4n) is 3.21. The van der Waals surface area contributed by atoms with E-state index in [-0.39, 0.29) is 16.4 Å². The summed E-state index contributed by atoms with van der Waals surface area (Å²) in [4.78, 5) is 22.6. The molecule has 0 aliphatic carbocycles. The van der Waals surface area contributed by atoms with Gasteiger partial charge in [0.2, 0.25) is 0 Å². The lowest BCUT2D eigenvalue weighted by atomic mass is 10.1. The molecule has 0 radical (unpaired) electrons. The Labute approximate surface area is 169 Å². The molecule has 0 unspecified atom stereocenters. The average molecular weight is 405 g/mol. The van der Waals surface area contributed by atoms with Crippen LogP contribution in [0.5, 0.6) is 0 Å². The van der Waals surface area contributed by atoms with Crippen molar-refractivity contribution in [3.63, 3.8) is 0 Å². The molecule has 1 aliphatic heterocycles. The van der Waals surface area contributed by atoms with Crippen molar-refractivity contribution in [3.05, 3.63) is 52.6 Å². The third-order valence-corrected chi connectivity index (χ3v) is 4.53. The Bertz CT molecular complexity index is 1200.